The van der Waals surface area contributed by atoms with Crippen molar-refractivity contribution in [3.63, 3.8) is 0 Å². The number of aliphatic hydroxyl groups excluding tert-OH is 1. The molecule has 6 heteroatoms. The first-order chi connectivity index (χ1) is 9.50. The molecule has 0 amide bonds. The van der Waals surface area contributed by atoms with Crippen molar-refractivity contribution in [2.45, 2.75) is 32.3 Å². The number of ether oxygens (including phenoxy) is 1. The molecule has 2 unspecified atom stereocenters. The molecule has 0 bridgehead atoms. The van der Waals surface area contributed by atoms with E-state index in [0.717, 1.165) is 6.42 Å². The summed E-state index contributed by atoms with van der Waals surface area (Å²) in [6.45, 7) is 2.63. The van der Waals surface area contributed by atoms with E-state index in [2.05, 4.69) is 4.98 Å². The van der Waals surface area contributed by atoms with Crippen LogP contribution in [-0.4, -0.2) is 36.6 Å². The maximum Gasteiger partial charge on any atom is 0.150 e. The van der Waals surface area contributed by atoms with E-state index in [1.54, 1.807) is 18.5 Å². The normalized spacial score (nSPS) is 22.6. The Kier molecular flexibility index (Phi) is 4.99. The number of rotatable bonds is 6. The van der Waals surface area contributed by atoms with Crippen LogP contribution in [-0.2, 0) is 9.84 Å². The zero-order valence-corrected chi connectivity index (χ0v) is 12.5. The molecule has 1 aliphatic rings. The third-order valence-electron chi connectivity index (χ3n) is 3.48. The summed E-state index contributed by atoms with van der Waals surface area (Å²) >= 11 is 0. The number of hydrogen-bond acceptors (Lipinski definition) is 5. The molecular formula is C14H21NO4S. The lowest BCUT2D eigenvalue weighted by Gasteiger charge is -2.15. The number of hydrogen-bond donors (Lipinski definition) is 1. The lowest BCUT2D eigenvalue weighted by atomic mass is 9.97. The van der Waals surface area contributed by atoms with Crippen molar-refractivity contribution in [1.82, 2.24) is 4.98 Å². The van der Waals surface area contributed by atoms with Crippen LogP contribution in [0.3, 0.4) is 0 Å². The van der Waals surface area contributed by atoms with Gasteiger partial charge in [-0.05, 0) is 31.2 Å². The van der Waals surface area contributed by atoms with E-state index in [9.17, 15) is 13.5 Å². The summed E-state index contributed by atoms with van der Waals surface area (Å²) in [4.78, 5) is 4.06. The minimum Gasteiger partial charge on any atom is -0.492 e. The summed E-state index contributed by atoms with van der Waals surface area (Å²) in [5.74, 6) is 1.10. The second-order valence-electron chi connectivity index (χ2n) is 5.32. The zero-order chi connectivity index (χ0) is 14.6. The Balaban J connectivity index is 1.97. The van der Waals surface area contributed by atoms with Crippen molar-refractivity contribution in [3.05, 3.63) is 24.0 Å². The van der Waals surface area contributed by atoms with E-state index >= 15 is 0 Å². The standard InChI is InChI=1S/C14H21NO4S/c1-2-4-19-13-7-12(8-15-9-13)14(16)6-11-3-5-20(17,18)10-11/h7-9,11,14,16H,2-6,10H2,1H3. The molecule has 1 N–H and O–H groups in total. The summed E-state index contributed by atoms with van der Waals surface area (Å²) in [6.07, 6.45) is 4.54. The maximum atomic E-state index is 11.4. The van der Waals surface area contributed by atoms with Gasteiger partial charge in [-0.25, -0.2) is 8.42 Å². The van der Waals surface area contributed by atoms with E-state index in [1.165, 1.54) is 0 Å². The van der Waals surface area contributed by atoms with Gasteiger partial charge < -0.3 is 9.84 Å². The van der Waals surface area contributed by atoms with Gasteiger partial charge in [0.15, 0.2) is 9.84 Å². The molecule has 1 aromatic rings. The first kappa shape index (κ1) is 15.3. The molecule has 1 aromatic heterocycles. The molecule has 0 radical (unpaired) electrons. The van der Waals surface area contributed by atoms with Crippen LogP contribution in [0.15, 0.2) is 18.5 Å². The number of pyridine rings is 1. The molecule has 0 spiro atoms. The fraction of sp³-hybridized carbons (Fsp3) is 0.643. The number of aromatic nitrogens is 1. The molecule has 2 heterocycles. The molecule has 0 aliphatic carbocycles. The van der Waals surface area contributed by atoms with Gasteiger partial charge in [0.1, 0.15) is 5.75 Å². The summed E-state index contributed by atoms with van der Waals surface area (Å²) in [6, 6.07) is 1.77. The van der Waals surface area contributed by atoms with Gasteiger partial charge in [0, 0.05) is 11.8 Å². The third kappa shape index (κ3) is 4.18. The Bertz CT molecular complexity index is 544. The van der Waals surface area contributed by atoms with Crippen LogP contribution in [0, 0.1) is 5.92 Å². The van der Waals surface area contributed by atoms with Crippen LogP contribution in [0.2, 0.25) is 0 Å². The fourth-order valence-electron chi connectivity index (χ4n) is 2.43. The minimum atomic E-state index is -2.89. The zero-order valence-electron chi connectivity index (χ0n) is 11.7. The van der Waals surface area contributed by atoms with Crippen LogP contribution in [0.5, 0.6) is 5.75 Å². The van der Waals surface area contributed by atoms with Crippen LogP contribution < -0.4 is 4.74 Å². The second-order valence-corrected chi connectivity index (χ2v) is 7.55. The molecule has 112 valence electrons. The molecule has 0 aromatic carbocycles. The van der Waals surface area contributed by atoms with Gasteiger partial charge in [0.2, 0.25) is 0 Å². The largest absolute Gasteiger partial charge is 0.492 e. The molecule has 1 saturated heterocycles. The van der Waals surface area contributed by atoms with Gasteiger partial charge >= 0.3 is 0 Å². The Hall–Kier alpha value is -1.14. The number of sulfone groups is 1. The van der Waals surface area contributed by atoms with Gasteiger partial charge in [-0.2, -0.15) is 0 Å². The van der Waals surface area contributed by atoms with Gasteiger partial charge in [-0.15, -0.1) is 0 Å². The van der Waals surface area contributed by atoms with E-state index in [1.807, 2.05) is 6.92 Å². The summed E-state index contributed by atoms with van der Waals surface area (Å²) < 4.78 is 28.3. The molecule has 1 fully saturated rings. The van der Waals surface area contributed by atoms with Crippen molar-refractivity contribution in [1.29, 1.82) is 0 Å². The second kappa shape index (κ2) is 6.54. The van der Waals surface area contributed by atoms with Crippen molar-refractivity contribution < 1.29 is 18.3 Å². The Morgan fingerprint density at radius 3 is 2.95 bits per heavy atom. The first-order valence-corrected chi connectivity index (χ1v) is 8.78. The summed E-state index contributed by atoms with van der Waals surface area (Å²) in [5, 5.41) is 10.2. The summed E-state index contributed by atoms with van der Waals surface area (Å²) in [7, 11) is -2.89. The third-order valence-corrected chi connectivity index (χ3v) is 5.31. The first-order valence-electron chi connectivity index (χ1n) is 6.96. The lowest BCUT2D eigenvalue weighted by Crippen LogP contribution is -2.10. The lowest BCUT2D eigenvalue weighted by molar-refractivity contribution is 0.148. The molecule has 20 heavy (non-hydrogen) atoms. The van der Waals surface area contributed by atoms with E-state index in [-0.39, 0.29) is 17.4 Å². The van der Waals surface area contributed by atoms with Crippen molar-refractivity contribution in [2.24, 2.45) is 5.92 Å². The highest BCUT2D eigenvalue weighted by atomic mass is 32.2. The van der Waals surface area contributed by atoms with E-state index < -0.39 is 15.9 Å². The monoisotopic (exact) mass is 299 g/mol. The molecule has 2 atom stereocenters. The maximum absolute atomic E-state index is 11.4. The highest BCUT2D eigenvalue weighted by Crippen LogP contribution is 2.29. The molecular weight excluding hydrogens is 278 g/mol. The average Bonchev–Trinajstić information content (AvgIpc) is 2.76. The van der Waals surface area contributed by atoms with Gasteiger partial charge in [-0.1, -0.05) is 6.92 Å². The quantitative estimate of drug-likeness (QED) is 0.865. The predicted molar refractivity (Wildman–Crippen MR) is 76.4 cm³/mol. The molecule has 1 aliphatic heterocycles. The predicted octanol–water partition coefficient (Wildman–Crippen LogP) is 1.73. The Morgan fingerprint density at radius 1 is 1.50 bits per heavy atom. The molecule has 0 saturated carbocycles. The van der Waals surface area contributed by atoms with Crippen molar-refractivity contribution >= 4 is 9.84 Å². The smallest absolute Gasteiger partial charge is 0.150 e. The molecule has 2 rings (SSSR count). The topological polar surface area (TPSA) is 76.5 Å². The van der Waals surface area contributed by atoms with Gasteiger partial charge in [-0.3, -0.25) is 4.98 Å². The van der Waals surface area contributed by atoms with Gasteiger partial charge in [0.05, 0.1) is 30.4 Å². The molecule has 5 nitrogen and oxygen atoms in total. The van der Waals surface area contributed by atoms with Crippen LogP contribution in [0.1, 0.15) is 37.9 Å². The highest BCUT2D eigenvalue weighted by molar-refractivity contribution is 7.91. The van der Waals surface area contributed by atoms with Crippen molar-refractivity contribution in [2.75, 3.05) is 18.1 Å². The number of nitrogens with zero attached hydrogens (tertiary/aromatic N) is 1. The van der Waals surface area contributed by atoms with Gasteiger partial charge in [0.25, 0.3) is 0 Å². The van der Waals surface area contributed by atoms with E-state index in [0.29, 0.717) is 30.8 Å². The minimum absolute atomic E-state index is 0.0372. The van der Waals surface area contributed by atoms with Crippen LogP contribution >= 0.6 is 0 Å². The fourth-order valence-corrected chi connectivity index (χ4v) is 4.31. The number of aliphatic hydroxyl groups is 1. The van der Waals surface area contributed by atoms with E-state index in [4.69, 9.17) is 4.74 Å². The SMILES string of the molecule is CCCOc1cncc(C(O)CC2CCS(=O)(=O)C2)c1. The highest BCUT2D eigenvalue weighted by Gasteiger charge is 2.29. The van der Waals surface area contributed by atoms with Crippen LogP contribution in [0.25, 0.3) is 0 Å². The van der Waals surface area contributed by atoms with Crippen LogP contribution in [0.4, 0.5) is 0 Å². The van der Waals surface area contributed by atoms with Crippen molar-refractivity contribution in [3.8, 4) is 5.75 Å². The Morgan fingerprint density at radius 2 is 2.30 bits per heavy atom. The average molecular weight is 299 g/mol. The summed E-state index contributed by atoms with van der Waals surface area (Å²) in [5.41, 5.74) is 0.683. The Labute approximate surface area is 119 Å².